The van der Waals surface area contributed by atoms with Gasteiger partial charge in [0.1, 0.15) is 0 Å². The van der Waals surface area contributed by atoms with E-state index in [1.165, 1.54) is 31.4 Å². The third kappa shape index (κ3) is 4.74. The Labute approximate surface area is 172 Å². The number of aromatic amines is 1. The maximum absolute atomic E-state index is 12.7. The van der Waals surface area contributed by atoms with Gasteiger partial charge >= 0.3 is 0 Å². The molecule has 5 heteroatoms. The molecule has 3 aromatic rings. The van der Waals surface area contributed by atoms with Crippen LogP contribution in [-0.4, -0.2) is 33.6 Å². The van der Waals surface area contributed by atoms with Crippen molar-refractivity contribution < 1.29 is 4.79 Å². The van der Waals surface area contributed by atoms with Crippen LogP contribution in [0.2, 0.25) is 0 Å². The van der Waals surface area contributed by atoms with E-state index >= 15 is 0 Å². The first-order valence-electron chi connectivity index (χ1n) is 10.4. The molecule has 5 nitrogen and oxygen atoms in total. The summed E-state index contributed by atoms with van der Waals surface area (Å²) in [7, 11) is 0. The van der Waals surface area contributed by atoms with Crippen molar-refractivity contribution in [3.8, 4) is 11.3 Å². The molecule has 1 fully saturated rings. The van der Waals surface area contributed by atoms with Gasteiger partial charge in [0, 0.05) is 24.7 Å². The maximum Gasteiger partial charge on any atom is 0.255 e. The molecular weight excluding hydrogens is 360 g/mol. The number of aromatic nitrogens is 2. The van der Waals surface area contributed by atoms with E-state index in [0.29, 0.717) is 18.2 Å². The molecule has 1 aliphatic rings. The van der Waals surface area contributed by atoms with Crippen molar-refractivity contribution in [1.82, 2.24) is 20.4 Å². The number of carbonyl (C=O) groups is 1. The Hall–Kier alpha value is -2.92. The molecule has 29 heavy (non-hydrogen) atoms. The first-order valence-corrected chi connectivity index (χ1v) is 10.4. The average molecular weight is 389 g/mol. The van der Waals surface area contributed by atoms with E-state index in [9.17, 15) is 4.79 Å². The molecule has 4 rings (SSSR count). The third-order valence-corrected chi connectivity index (χ3v) is 5.75. The molecule has 150 valence electrons. The highest BCUT2D eigenvalue weighted by atomic mass is 16.1. The Morgan fingerprint density at radius 1 is 1.10 bits per heavy atom. The molecule has 0 saturated carbocycles. The number of carbonyl (C=O) groups excluding carboxylic acids is 1. The summed E-state index contributed by atoms with van der Waals surface area (Å²) < 4.78 is 0. The zero-order valence-electron chi connectivity index (χ0n) is 16.9. The smallest absolute Gasteiger partial charge is 0.255 e. The standard InChI is InChI=1S/C24H28N4O/c1-18-7-5-6-14-28(18)17-20-12-10-19(11-13-20)15-25-24(29)22-16-26-27-23(22)21-8-3-2-4-9-21/h2-4,8-13,16,18H,5-7,14-15,17H2,1H3,(H,25,29)(H,26,27). The summed E-state index contributed by atoms with van der Waals surface area (Å²) >= 11 is 0. The Morgan fingerprint density at radius 2 is 1.86 bits per heavy atom. The molecule has 1 aliphatic heterocycles. The van der Waals surface area contributed by atoms with E-state index in [4.69, 9.17) is 0 Å². The van der Waals surface area contributed by atoms with Gasteiger partial charge in [0.15, 0.2) is 0 Å². The van der Waals surface area contributed by atoms with Gasteiger partial charge in [-0.1, -0.05) is 61.0 Å². The Kier molecular flexibility index (Phi) is 6.06. The van der Waals surface area contributed by atoms with E-state index in [-0.39, 0.29) is 5.91 Å². The maximum atomic E-state index is 12.7. The molecule has 1 aromatic heterocycles. The molecule has 1 saturated heterocycles. The van der Waals surface area contributed by atoms with Gasteiger partial charge in [-0.2, -0.15) is 5.10 Å². The van der Waals surface area contributed by atoms with Crippen molar-refractivity contribution in [3.05, 3.63) is 77.5 Å². The highest BCUT2D eigenvalue weighted by molar-refractivity contribution is 5.99. The molecule has 0 aliphatic carbocycles. The first-order chi connectivity index (χ1) is 14.2. The van der Waals surface area contributed by atoms with Crippen LogP contribution in [0.5, 0.6) is 0 Å². The van der Waals surface area contributed by atoms with Crippen LogP contribution < -0.4 is 5.32 Å². The lowest BCUT2D eigenvalue weighted by Gasteiger charge is -2.33. The predicted molar refractivity (Wildman–Crippen MR) is 115 cm³/mol. The second kappa shape index (κ2) is 9.05. The fourth-order valence-corrected chi connectivity index (χ4v) is 3.95. The van der Waals surface area contributed by atoms with Crippen LogP contribution in [0.3, 0.4) is 0 Å². The molecule has 0 bridgehead atoms. The van der Waals surface area contributed by atoms with Gasteiger partial charge in [0.25, 0.3) is 5.91 Å². The van der Waals surface area contributed by atoms with Gasteiger partial charge in [0.2, 0.25) is 0 Å². The molecule has 1 amide bonds. The van der Waals surface area contributed by atoms with E-state index in [1.807, 2.05) is 30.3 Å². The lowest BCUT2D eigenvalue weighted by molar-refractivity contribution is 0.0951. The van der Waals surface area contributed by atoms with Crippen LogP contribution in [0.1, 0.15) is 47.7 Å². The average Bonchev–Trinajstić information content (AvgIpc) is 3.25. The number of rotatable bonds is 6. The fraction of sp³-hybridized carbons (Fsp3) is 0.333. The molecule has 0 spiro atoms. The molecule has 2 N–H and O–H groups in total. The number of nitrogens with one attached hydrogen (secondary N) is 2. The predicted octanol–water partition coefficient (Wildman–Crippen LogP) is 4.38. The summed E-state index contributed by atoms with van der Waals surface area (Å²) in [5.74, 6) is -0.121. The Bertz CT molecular complexity index is 933. The summed E-state index contributed by atoms with van der Waals surface area (Å²) in [5, 5.41) is 10.0. The number of hydrogen-bond acceptors (Lipinski definition) is 3. The highest BCUT2D eigenvalue weighted by Crippen LogP contribution is 2.21. The van der Waals surface area contributed by atoms with Crippen molar-refractivity contribution in [3.63, 3.8) is 0 Å². The summed E-state index contributed by atoms with van der Waals surface area (Å²) in [6, 6.07) is 19.0. The lowest BCUT2D eigenvalue weighted by Crippen LogP contribution is -2.36. The number of amides is 1. The van der Waals surface area contributed by atoms with E-state index in [2.05, 4.69) is 51.6 Å². The van der Waals surface area contributed by atoms with Crippen molar-refractivity contribution in [2.24, 2.45) is 0 Å². The summed E-state index contributed by atoms with van der Waals surface area (Å²) in [5.41, 5.74) is 4.68. The number of piperidine rings is 1. The minimum absolute atomic E-state index is 0.121. The zero-order valence-corrected chi connectivity index (χ0v) is 16.9. The molecule has 1 unspecified atom stereocenters. The van der Waals surface area contributed by atoms with Gasteiger partial charge in [-0.15, -0.1) is 0 Å². The van der Waals surface area contributed by atoms with E-state index in [1.54, 1.807) is 6.20 Å². The second-order valence-corrected chi connectivity index (χ2v) is 7.84. The number of hydrogen-bond donors (Lipinski definition) is 2. The van der Waals surface area contributed by atoms with E-state index in [0.717, 1.165) is 23.4 Å². The van der Waals surface area contributed by atoms with E-state index < -0.39 is 0 Å². The molecule has 0 radical (unpaired) electrons. The number of H-pyrrole nitrogens is 1. The van der Waals surface area contributed by atoms with Gasteiger partial charge < -0.3 is 5.32 Å². The van der Waals surface area contributed by atoms with Crippen LogP contribution >= 0.6 is 0 Å². The minimum atomic E-state index is -0.121. The van der Waals surface area contributed by atoms with Gasteiger partial charge in [-0.25, -0.2) is 0 Å². The van der Waals surface area contributed by atoms with Crippen LogP contribution in [0.15, 0.2) is 60.8 Å². The fourth-order valence-electron chi connectivity index (χ4n) is 3.95. The Morgan fingerprint density at radius 3 is 2.62 bits per heavy atom. The van der Waals surface area contributed by atoms with Gasteiger partial charge in [0.05, 0.1) is 17.5 Å². The van der Waals surface area contributed by atoms with Crippen LogP contribution in [0.4, 0.5) is 0 Å². The first kappa shape index (κ1) is 19.4. The third-order valence-electron chi connectivity index (χ3n) is 5.75. The molecular formula is C24H28N4O. The van der Waals surface area contributed by atoms with Crippen LogP contribution in [0.25, 0.3) is 11.3 Å². The van der Waals surface area contributed by atoms with Crippen LogP contribution in [0, 0.1) is 0 Å². The second-order valence-electron chi connectivity index (χ2n) is 7.84. The topological polar surface area (TPSA) is 61.0 Å². The van der Waals surface area contributed by atoms with Gasteiger partial charge in [-0.05, 0) is 37.4 Å². The van der Waals surface area contributed by atoms with Crippen LogP contribution in [-0.2, 0) is 13.1 Å². The highest BCUT2D eigenvalue weighted by Gasteiger charge is 2.18. The van der Waals surface area contributed by atoms with Crippen molar-refractivity contribution in [1.29, 1.82) is 0 Å². The van der Waals surface area contributed by atoms with Crippen molar-refractivity contribution in [2.75, 3.05) is 6.54 Å². The molecule has 2 heterocycles. The number of benzene rings is 2. The van der Waals surface area contributed by atoms with Gasteiger partial charge in [-0.3, -0.25) is 14.8 Å². The summed E-state index contributed by atoms with van der Waals surface area (Å²) in [6.07, 6.45) is 5.52. The normalized spacial score (nSPS) is 17.2. The summed E-state index contributed by atoms with van der Waals surface area (Å²) in [4.78, 5) is 15.2. The minimum Gasteiger partial charge on any atom is -0.348 e. The largest absolute Gasteiger partial charge is 0.348 e. The van der Waals surface area contributed by atoms with Crippen molar-refractivity contribution in [2.45, 2.75) is 45.3 Å². The molecule has 1 atom stereocenters. The Balaban J connectivity index is 1.35. The monoisotopic (exact) mass is 388 g/mol. The number of likely N-dealkylation sites (tertiary alicyclic amines) is 1. The quantitative estimate of drug-likeness (QED) is 0.659. The number of nitrogens with zero attached hydrogens (tertiary/aromatic N) is 2. The molecule has 2 aromatic carbocycles. The summed E-state index contributed by atoms with van der Waals surface area (Å²) in [6.45, 7) is 5.01. The van der Waals surface area contributed by atoms with Crippen molar-refractivity contribution >= 4 is 5.91 Å². The zero-order chi connectivity index (χ0) is 20.1. The lowest BCUT2D eigenvalue weighted by atomic mass is 10.0. The SMILES string of the molecule is CC1CCCCN1Cc1ccc(CNC(=O)c2cn[nH]c2-c2ccccc2)cc1.